The molecule has 2 aromatic carbocycles. The normalized spacial score (nSPS) is 12.9. The van der Waals surface area contributed by atoms with E-state index in [9.17, 15) is 14.0 Å². The molecular weight excluding hydrogens is 395 g/mol. The van der Waals surface area contributed by atoms with Gasteiger partial charge in [-0.15, -0.1) is 0 Å². The topological polar surface area (TPSA) is 87.8 Å². The highest BCUT2D eigenvalue weighted by Gasteiger charge is 2.21. The highest BCUT2D eigenvalue weighted by Crippen LogP contribution is 2.29. The van der Waals surface area contributed by atoms with Gasteiger partial charge in [-0.05, 0) is 49.2 Å². The predicted molar refractivity (Wildman–Crippen MR) is 122 cm³/mol. The largest absolute Gasteiger partial charge is 0.387 e. The molecule has 0 radical (unpaired) electrons. The summed E-state index contributed by atoms with van der Waals surface area (Å²) >= 11 is 0. The van der Waals surface area contributed by atoms with Gasteiger partial charge in [0.15, 0.2) is 0 Å². The minimum Gasteiger partial charge on any atom is -0.387 e. The van der Waals surface area contributed by atoms with E-state index in [1.54, 1.807) is 30.3 Å². The molecule has 0 aliphatic carbocycles. The quantitative estimate of drug-likeness (QED) is 0.688. The van der Waals surface area contributed by atoms with E-state index in [1.165, 1.54) is 18.2 Å². The van der Waals surface area contributed by atoms with E-state index >= 15 is 0 Å². The lowest BCUT2D eigenvalue weighted by Crippen LogP contribution is -2.34. The van der Waals surface area contributed by atoms with Crippen LogP contribution in [0.4, 0.5) is 15.8 Å². The molecule has 0 unspecified atom stereocenters. The molecule has 2 amide bonds. The van der Waals surface area contributed by atoms with Gasteiger partial charge in [-0.3, -0.25) is 9.59 Å². The van der Waals surface area contributed by atoms with Crippen molar-refractivity contribution in [3.8, 4) is 0 Å². The zero-order valence-corrected chi connectivity index (χ0v) is 17.8. The van der Waals surface area contributed by atoms with Crippen LogP contribution < -0.4 is 11.1 Å². The second-order valence-electron chi connectivity index (χ2n) is 7.48. The molecule has 162 valence electrons. The Labute approximate surface area is 181 Å². The van der Waals surface area contributed by atoms with Crippen molar-refractivity contribution in [3.63, 3.8) is 0 Å². The summed E-state index contributed by atoms with van der Waals surface area (Å²) in [5.41, 5.74) is 8.64. The van der Waals surface area contributed by atoms with Gasteiger partial charge in [0.2, 0.25) is 5.91 Å². The Kier molecular flexibility index (Phi) is 7.18. The van der Waals surface area contributed by atoms with E-state index in [0.29, 0.717) is 41.4 Å². The van der Waals surface area contributed by atoms with Gasteiger partial charge >= 0.3 is 0 Å². The average molecular weight is 423 g/mol. The number of aliphatic imine (C=N–C) groups is 1. The summed E-state index contributed by atoms with van der Waals surface area (Å²) in [4.78, 5) is 31.9. The smallest absolute Gasteiger partial charge is 0.255 e. The number of nitrogens with zero attached hydrogens (tertiary/aromatic N) is 2. The lowest BCUT2D eigenvalue weighted by molar-refractivity contribution is -0.127. The number of carbonyl (C=O) groups is 2. The molecule has 1 heterocycles. The lowest BCUT2D eigenvalue weighted by Gasteiger charge is -2.22. The molecule has 0 spiro atoms. The van der Waals surface area contributed by atoms with Gasteiger partial charge in [0.25, 0.3) is 5.91 Å². The number of halogens is 1. The molecule has 0 atom stereocenters. The number of amidine groups is 1. The van der Waals surface area contributed by atoms with Crippen LogP contribution in [0.15, 0.2) is 53.0 Å². The van der Waals surface area contributed by atoms with Crippen molar-refractivity contribution in [3.05, 3.63) is 65.0 Å². The Balaban J connectivity index is 1.87. The molecule has 0 saturated carbocycles. The molecule has 0 fully saturated rings. The zero-order chi connectivity index (χ0) is 22.4. The van der Waals surface area contributed by atoms with Gasteiger partial charge in [0.1, 0.15) is 11.7 Å². The van der Waals surface area contributed by atoms with Crippen LogP contribution in [0.5, 0.6) is 0 Å². The van der Waals surface area contributed by atoms with Crippen LogP contribution >= 0.6 is 0 Å². The summed E-state index contributed by atoms with van der Waals surface area (Å²) in [6.45, 7) is 5.46. The molecule has 0 aromatic heterocycles. The van der Waals surface area contributed by atoms with Crippen molar-refractivity contribution >= 4 is 35.1 Å². The van der Waals surface area contributed by atoms with E-state index in [1.807, 2.05) is 18.7 Å². The Bertz CT molecular complexity index is 1040. The molecule has 1 aliphatic heterocycles. The summed E-state index contributed by atoms with van der Waals surface area (Å²) in [6, 6.07) is 10.7. The first-order valence-corrected chi connectivity index (χ1v) is 10.4. The Morgan fingerprint density at radius 3 is 2.55 bits per heavy atom. The van der Waals surface area contributed by atoms with Crippen LogP contribution in [-0.4, -0.2) is 35.6 Å². The lowest BCUT2D eigenvalue weighted by atomic mass is 10.0. The fourth-order valence-corrected chi connectivity index (χ4v) is 3.50. The van der Waals surface area contributed by atoms with Gasteiger partial charge in [-0.25, -0.2) is 9.38 Å². The molecule has 0 bridgehead atoms. The van der Waals surface area contributed by atoms with E-state index in [0.717, 1.165) is 18.4 Å². The van der Waals surface area contributed by atoms with E-state index in [4.69, 9.17) is 5.73 Å². The minimum absolute atomic E-state index is 0.0392. The van der Waals surface area contributed by atoms with Crippen LogP contribution in [0.2, 0.25) is 0 Å². The van der Waals surface area contributed by atoms with Gasteiger partial charge in [-0.2, -0.15) is 0 Å². The number of nitrogens with one attached hydrogen (secondary N) is 1. The number of nitrogens with two attached hydrogens (primary N) is 1. The third-order valence-electron chi connectivity index (χ3n) is 4.89. The molecule has 0 saturated heterocycles. The fourth-order valence-electron chi connectivity index (χ4n) is 3.50. The van der Waals surface area contributed by atoms with Crippen molar-refractivity contribution in [2.24, 2.45) is 10.7 Å². The van der Waals surface area contributed by atoms with Crippen LogP contribution in [0.3, 0.4) is 0 Å². The SMILES string of the molecule is CCCN(CCC)C(=O)C1=Cc2ccc(C(=O)Nc3cccc(F)c3)cc2N=C(N)C1. The zero-order valence-electron chi connectivity index (χ0n) is 17.8. The monoisotopic (exact) mass is 422 g/mol. The van der Waals surface area contributed by atoms with Crippen molar-refractivity contribution in [2.45, 2.75) is 33.1 Å². The number of carbonyl (C=O) groups excluding carboxylic acids is 2. The maximum absolute atomic E-state index is 13.4. The van der Waals surface area contributed by atoms with Gasteiger partial charge in [0.05, 0.1) is 5.69 Å². The fraction of sp³-hybridized carbons (Fsp3) is 0.292. The molecule has 1 aliphatic rings. The first-order chi connectivity index (χ1) is 14.9. The third-order valence-corrected chi connectivity index (χ3v) is 4.89. The number of rotatable bonds is 7. The third kappa shape index (κ3) is 5.57. The molecule has 3 rings (SSSR count). The standard InChI is InChI=1S/C24H27FN4O2/c1-3-10-29(11-4-2)24(31)18-12-16-8-9-17(13-21(16)28-22(26)14-18)23(30)27-20-7-5-6-19(25)15-20/h5-9,12-13,15H,3-4,10-11,14H2,1-2H3,(H2,26,28)(H,27,30). The molecule has 6 nitrogen and oxygen atoms in total. The number of hydrogen-bond donors (Lipinski definition) is 2. The van der Waals surface area contributed by atoms with Gasteiger partial charge < -0.3 is 16.0 Å². The summed E-state index contributed by atoms with van der Waals surface area (Å²) in [5, 5.41) is 2.67. The first-order valence-electron chi connectivity index (χ1n) is 10.4. The predicted octanol–water partition coefficient (Wildman–Crippen LogP) is 4.50. The van der Waals surface area contributed by atoms with Crippen molar-refractivity contribution in [2.75, 3.05) is 18.4 Å². The Hall–Kier alpha value is -3.48. The number of anilines is 1. The first kappa shape index (κ1) is 22.2. The maximum Gasteiger partial charge on any atom is 0.255 e. The minimum atomic E-state index is -0.431. The van der Waals surface area contributed by atoms with E-state index in [2.05, 4.69) is 10.3 Å². The van der Waals surface area contributed by atoms with Crippen molar-refractivity contribution < 1.29 is 14.0 Å². The summed E-state index contributed by atoms with van der Waals surface area (Å²) in [5.74, 6) is -0.542. The Morgan fingerprint density at radius 1 is 1.13 bits per heavy atom. The summed E-state index contributed by atoms with van der Waals surface area (Å²) in [6.07, 6.45) is 3.81. The van der Waals surface area contributed by atoms with Crippen LogP contribution in [-0.2, 0) is 4.79 Å². The number of hydrogen-bond acceptors (Lipinski definition) is 4. The van der Waals surface area contributed by atoms with Crippen LogP contribution in [0, 0.1) is 5.82 Å². The van der Waals surface area contributed by atoms with Crippen molar-refractivity contribution in [1.82, 2.24) is 4.90 Å². The van der Waals surface area contributed by atoms with E-state index in [-0.39, 0.29) is 18.2 Å². The second kappa shape index (κ2) is 10.0. The molecular formula is C24H27FN4O2. The summed E-state index contributed by atoms with van der Waals surface area (Å²) in [7, 11) is 0. The van der Waals surface area contributed by atoms with Crippen LogP contribution in [0.25, 0.3) is 6.08 Å². The number of benzene rings is 2. The van der Waals surface area contributed by atoms with E-state index < -0.39 is 5.82 Å². The van der Waals surface area contributed by atoms with Gasteiger partial charge in [-0.1, -0.05) is 26.0 Å². The molecule has 31 heavy (non-hydrogen) atoms. The summed E-state index contributed by atoms with van der Waals surface area (Å²) < 4.78 is 13.4. The highest BCUT2D eigenvalue weighted by atomic mass is 19.1. The molecule has 7 heteroatoms. The number of amides is 2. The van der Waals surface area contributed by atoms with Gasteiger partial charge in [0, 0.05) is 41.9 Å². The maximum atomic E-state index is 13.4. The number of fused-ring (bicyclic) bond motifs is 1. The highest BCUT2D eigenvalue weighted by molar-refractivity contribution is 6.07. The Morgan fingerprint density at radius 2 is 1.87 bits per heavy atom. The van der Waals surface area contributed by atoms with Crippen molar-refractivity contribution in [1.29, 1.82) is 0 Å². The molecule has 3 N–H and O–H groups in total. The molecule has 2 aromatic rings. The average Bonchev–Trinajstić information content (AvgIpc) is 2.90. The second-order valence-corrected chi connectivity index (χ2v) is 7.48. The van der Waals surface area contributed by atoms with Crippen LogP contribution in [0.1, 0.15) is 49.0 Å².